The van der Waals surface area contributed by atoms with Crippen molar-refractivity contribution in [1.29, 1.82) is 0 Å². The molecule has 166 valence electrons. The van der Waals surface area contributed by atoms with Gasteiger partial charge in [-0.15, -0.1) is 10.2 Å². The summed E-state index contributed by atoms with van der Waals surface area (Å²) < 4.78 is 23.5. The molecule has 0 aliphatic carbocycles. The van der Waals surface area contributed by atoms with Gasteiger partial charge in [0.05, 0.1) is 23.9 Å². The molecule has 0 aliphatic heterocycles. The van der Waals surface area contributed by atoms with Crippen LogP contribution in [0.2, 0.25) is 0 Å². The largest absolute Gasteiger partial charge is 0.497 e. The van der Waals surface area contributed by atoms with Gasteiger partial charge in [-0.2, -0.15) is 0 Å². The zero-order chi connectivity index (χ0) is 22.8. The summed E-state index contributed by atoms with van der Waals surface area (Å²) in [4.78, 5) is 12.6. The van der Waals surface area contributed by atoms with E-state index in [9.17, 15) is 9.18 Å². The Labute approximate surface area is 197 Å². The number of halogens is 1. The number of hydrogen-bond acceptors (Lipinski definition) is 6. The summed E-state index contributed by atoms with van der Waals surface area (Å²) in [6, 6.07) is 21.8. The first-order valence-electron chi connectivity index (χ1n) is 10.2. The molecule has 0 bridgehead atoms. The molecule has 2 aromatic heterocycles. The van der Waals surface area contributed by atoms with Gasteiger partial charge >= 0.3 is 4.87 Å². The lowest BCUT2D eigenvalue weighted by Crippen LogP contribution is -2.16. The van der Waals surface area contributed by atoms with Crippen molar-refractivity contribution in [3.63, 3.8) is 0 Å². The van der Waals surface area contributed by atoms with Gasteiger partial charge in [0.15, 0.2) is 11.0 Å². The molecule has 0 aliphatic rings. The van der Waals surface area contributed by atoms with Crippen LogP contribution in [-0.2, 0) is 12.3 Å². The Morgan fingerprint density at radius 2 is 1.85 bits per heavy atom. The molecule has 3 aromatic carbocycles. The average molecular weight is 479 g/mol. The Kier molecular flexibility index (Phi) is 5.97. The number of methoxy groups -OCH3 is 1. The first-order valence-corrected chi connectivity index (χ1v) is 12.0. The summed E-state index contributed by atoms with van der Waals surface area (Å²) in [5.74, 6) is 1.64. The van der Waals surface area contributed by atoms with Gasteiger partial charge in [-0.05, 0) is 54.1 Å². The molecule has 33 heavy (non-hydrogen) atoms. The van der Waals surface area contributed by atoms with Crippen LogP contribution in [0.15, 0.2) is 82.7 Å². The molecular formula is C24H19FN4O2S2. The van der Waals surface area contributed by atoms with E-state index in [0.717, 1.165) is 27.2 Å². The van der Waals surface area contributed by atoms with Crippen LogP contribution < -0.4 is 9.61 Å². The van der Waals surface area contributed by atoms with Crippen molar-refractivity contribution in [2.24, 2.45) is 0 Å². The van der Waals surface area contributed by atoms with Gasteiger partial charge in [0, 0.05) is 11.4 Å². The van der Waals surface area contributed by atoms with Crippen LogP contribution in [0, 0.1) is 5.82 Å². The van der Waals surface area contributed by atoms with Gasteiger partial charge in [-0.25, -0.2) is 4.39 Å². The van der Waals surface area contributed by atoms with E-state index in [1.165, 1.54) is 35.2 Å². The first kappa shape index (κ1) is 21.4. The highest BCUT2D eigenvalue weighted by Crippen LogP contribution is 2.27. The SMILES string of the molecule is COc1ccc(-n2c(Cn3c(=O)sc4ccccc43)nnc2SCc2cccc(F)c2)cc1. The van der Waals surface area contributed by atoms with E-state index in [0.29, 0.717) is 16.7 Å². The number of thioether (sulfide) groups is 1. The van der Waals surface area contributed by atoms with Crippen LogP contribution >= 0.6 is 23.1 Å². The third-order valence-corrected chi connectivity index (χ3v) is 7.12. The molecule has 0 radical (unpaired) electrons. The van der Waals surface area contributed by atoms with Crippen LogP contribution in [0.1, 0.15) is 11.4 Å². The maximum absolute atomic E-state index is 13.6. The van der Waals surface area contributed by atoms with Gasteiger partial charge < -0.3 is 4.74 Å². The molecule has 0 unspecified atom stereocenters. The normalized spacial score (nSPS) is 11.2. The molecule has 0 fully saturated rings. The maximum Gasteiger partial charge on any atom is 0.308 e. The lowest BCUT2D eigenvalue weighted by molar-refractivity contribution is 0.414. The predicted octanol–water partition coefficient (Wildman–Crippen LogP) is 5.13. The van der Waals surface area contributed by atoms with E-state index >= 15 is 0 Å². The predicted molar refractivity (Wildman–Crippen MR) is 129 cm³/mol. The molecule has 5 aromatic rings. The van der Waals surface area contributed by atoms with Crippen LogP contribution in [0.5, 0.6) is 5.75 Å². The van der Waals surface area contributed by atoms with Gasteiger partial charge in [0.1, 0.15) is 11.6 Å². The Bertz CT molecular complexity index is 1470. The fourth-order valence-corrected chi connectivity index (χ4v) is 5.37. The quantitative estimate of drug-likeness (QED) is 0.304. The average Bonchev–Trinajstić information content (AvgIpc) is 3.38. The number of benzene rings is 3. The lowest BCUT2D eigenvalue weighted by Gasteiger charge is -2.12. The Hall–Kier alpha value is -3.43. The van der Waals surface area contributed by atoms with E-state index in [4.69, 9.17) is 4.74 Å². The molecule has 0 atom stereocenters. The van der Waals surface area contributed by atoms with E-state index < -0.39 is 0 Å². The Balaban J connectivity index is 1.54. The van der Waals surface area contributed by atoms with Crippen molar-refractivity contribution >= 4 is 33.3 Å². The third kappa shape index (κ3) is 4.42. The highest BCUT2D eigenvalue weighted by Gasteiger charge is 2.18. The Morgan fingerprint density at radius 1 is 1.03 bits per heavy atom. The van der Waals surface area contributed by atoms with Crippen molar-refractivity contribution in [1.82, 2.24) is 19.3 Å². The minimum Gasteiger partial charge on any atom is -0.497 e. The number of rotatable bonds is 7. The van der Waals surface area contributed by atoms with Crippen molar-refractivity contribution in [2.45, 2.75) is 17.5 Å². The maximum atomic E-state index is 13.6. The number of thiazole rings is 1. The number of para-hydroxylation sites is 1. The Morgan fingerprint density at radius 3 is 2.64 bits per heavy atom. The van der Waals surface area contributed by atoms with E-state index in [1.807, 2.05) is 59.2 Å². The summed E-state index contributed by atoms with van der Waals surface area (Å²) in [6.45, 7) is 0.280. The fourth-order valence-electron chi connectivity index (χ4n) is 3.57. The summed E-state index contributed by atoms with van der Waals surface area (Å²) >= 11 is 2.67. The second kappa shape index (κ2) is 9.21. The van der Waals surface area contributed by atoms with E-state index in [-0.39, 0.29) is 17.2 Å². The van der Waals surface area contributed by atoms with Crippen LogP contribution in [0.25, 0.3) is 15.9 Å². The second-order valence-electron chi connectivity index (χ2n) is 7.27. The molecule has 0 spiro atoms. The van der Waals surface area contributed by atoms with Gasteiger partial charge in [-0.1, -0.05) is 47.4 Å². The van der Waals surface area contributed by atoms with Gasteiger partial charge in [-0.3, -0.25) is 13.9 Å². The van der Waals surface area contributed by atoms with Gasteiger partial charge in [0.25, 0.3) is 0 Å². The summed E-state index contributed by atoms with van der Waals surface area (Å²) in [5, 5.41) is 9.48. The highest BCUT2D eigenvalue weighted by molar-refractivity contribution is 7.98. The molecule has 5 rings (SSSR count). The van der Waals surface area contributed by atoms with Crippen molar-refractivity contribution in [3.05, 3.63) is 99.7 Å². The fraction of sp³-hybridized carbons (Fsp3) is 0.125. The second-order valence-corrected chi connectivity index (χ2v) is 9.21. The molecule has 2 heterocycles. The van der Waals surface area contributed by atoms with Gasteiger partial charge in [0.2, 0.25) is 0 Å². The monoisotopic (exact) mass is 478 g/mol. The minimum atomic E-state index is -0.269. The van der Waals surface area contributed by atoms with Crippen LogP contribution in [-0.4, -0.2) is 26.4 Å². The van der Waals surface area contributed by atoms with E-state index in [1.54, 1.807) is 17.7 Å². The van der Waals surface area contributed by atoms with Crippen LogP contribution in [0.4, 0.5) is 4.39 Å². The zero-order valence-corrected chi connectivity index (χ0v) is 19.3. The number of hydrogen-bond donors (Lipinski definition) is 0. The molecule has 0 amide bonds. The summed E-state index contributed by atoms with van der Waals surface area (Å²) in [7, 11) is 1.62. The molecule has 0 saturated heterocycles. The molecule has 6 nitrogen and oxygen atoms in total. The number of ether oxygens (including phenoxy) is 1. The van der Waals surface area contributed by atoms with E-state index in [2.05, 4.69) is 10.2 Å². The summed E-state index contributed by atoms with van der Waals surface area (Å²) in [6.07, 6.45) is 0. The summed E-state index contributed by atoms with van der Waals surface area (Å²) in [5.41, 5.74) is 2.57. The standard InChI is InChI=1S/C24H19FN4O2S2/c1-31-19-11-9-18(10-12-19)29-22(14-28-20-7-2-3-8-21(20)33-24(28)30)26-27-23(29)32-15-16-5-4-6-17(25)13-16/h2-13H,14-15H2,1H3. The highest BCUT2D eigenvalue weighted by atomic mass is 32.2. The zero-order valence-electron chi connectivity index (χ0n) is 17.6. The molecular weight excluding hydrogens is 459 g/mol. The topological polar surface area (TPSA) is 61.9 Å². The minimum absolute atomic E-state index is 0.0468. The number of aromatic nitrogens is 4. The lowest BCUT2D eigenvalue weighted by atomic mass is 10.2. The number of nitrogens with zero attached hydrogens (tertiary/aromatic N) is 4. The first-order chi connectivity index (χ1) is 16.1. The molecule has 0 saturated carbocycles. The third-order valence-electron chi connectivity index (χ3n) is 5.16. The van der Waals surface area contributed by atoms with Crippen molar-refractivity contribution < 1.29 is 9.13 Å². The molecule has 9 heteroatoms. The smallest absolute Gasteiger partial charge is 0.308 e. The van der Waals surface area contributed by atoms with Crippen LogP contribution in [0.3, 0.4) is 0 Å². The number of fused-ring (bicyclic) bond motifs is 1. The molecule has 0 N–H and O–H groups in total. The van der Waals surface area contributed by atoms with Crippen molar-refractivity contribution in [2.75, 3.05) is 7.11 Å². The van der Waals surface area contributed by atoms with Crippen molar-refractivity contribution in [3.8, 4) is 11.4 Å².